The van der Waals surface area contributed by atoms with Crippen LogP contribution in [0.15, 0.2) is 33.5 Å². The first-order valence-corrected chi connectivity index (χ1v) is 6.73. The summed E-state index contributed by atoms with van der Waals surface area (Å²) < 4.78 is 11.4. The normalized spacial score (nSPS) is 21.8. The number of benzene rings is 1. The van der Waals surface area contributed by atoms with Crippen molar-refractivity contribution in [1.82, 2.24) is 9.88 Å². The van der Waals surface area contributed by atoms with Crippen molar-refractivity contribution in [1.29, 1.82) is 0 Å². The third-order valence-electron chi connectivity index (χ3n) is 3.57. The number of hydrogen-bond acceptors (Lipinski definition) is 5. The molecular weight excluding hydrogens is 276 g/mol. The fraction of sp³-hybridized carbons (Fsp3) is 0.429. The number of ether oxygens (including phenoxy) is 1. The molecule has 0 aliphatic carbocycles. The van der Waals surface area contributed by atoms with E-state index >= 15 is 0 Å². The van der Waals surface area contributed by atoms with E-state index in [0.29, 0.717) is 24.1 Å². The van der Waals surface area contributed by atoms with E-state index < -0.39 is 11.4 Å². The first kappa shape index (κ1) is 13.8. The van der Waals surface area contributed by atoms with Crippen LogP contribution >= 0.6 is 0 Å². The molecule has 1 aliphatic heterocycles. The van der Waals surface area contributed by atoms with Crippen molar-refractivity contribution in [2.45, 2.75) is 18.6 Å². The number of carbonyl (C=O) groups excluding carboxylic acids is 1. The highest BCUT2D eigenvalue weighted by atomic mass is 16.5. The summed E-state index contributed by atoms with van der Waals surface area (Å²) in [4.78, 5) is 23.7. The second kappa shape index (κ2) is 5.34. The minimum absolute atomic E-state index is 0.108. The Morgan fingerprint density at radius 3 is 3.00 bits per heavy atom. The first-order valence-electron chi connectivity index (χ1n) is 6.73. The molecule has 2 heterocycles. The Labute approximate surface area is 120 Å². The quantitative estimate of drug-likeness (QED) is 0.818. The Morgan fingerprint density at radius 1 is 1.43 bits per heavy atom. The Hall–Kier alpha value is -2.12. The van der Waals surface area contributed by atoms with Gasteiger partial charge in [-0.1, -0.05) is 12.1 Å². The van der Waals surface area contributed by atoms with Crippen molar-refractivity contribution in [3.8, 4) is 0 Å². The van der Waals surface area contributed by atoms with Gasteiger partial charge in [0.25, 0.3) is 0 Å². The molecule has 1 amide bonds. The van der Waals surface area contributed by atoms with Gasteiger partial charge in [-0.25, -0.2) is 4.79 Å². The Balaban J connectivity index is 1.69. The van der Waals surface area contributed by atoms with Gasteiger partial charge in [-0.2, -0.15) is 0 Å². The average molecular weight is 292 g/mol. The van der Waals surface area contributed by atoms with Gasteiger partial charge in [0.2, 0.25) is 5.91 Å². The number of carbonyl (C=O) groups is 1. The van der Waals surface area contributed by atoms with Crippen LogP contribution in [0.3, 0.4) is 0 Å². The van der Waals surface area contributed by atoms with Crippen LogP contribution < -0.4 is 11.1 Å². The smallest absolute Gasteiger partial charge is 0.408 e. The maximum absolute atomic E-state index is 11.9. The number of aliphatic hydroxyl groups is 1. The van der Waals surface area contributed by atoms with E-state index in [9.17, 15) is 14.7 Å². The van der Waals surface area contributed by atoms with E-state index in [4.69, 9.17) is 9.15 Å². The molecule has 1 aromatic carbocycles. The van der Waals surface area contributed by atoms with E-state index in [1.165, 1.54) is 4.57 Å². The second-order valence-electron chi connectivity index (χ2n) is 5.23. The monoisotopic (exact) mass is 292 g/mol. The number of para-hydroxylation sites is 2. The Bertz CT molecular complexity index is 711. The lowest BCUT2D eigenvalue weighted by molar-refractivity contribution is -0.123. The van der Waals surface area contributed by atoms with Crippen molar-refractivity contribution < 1.29 is 19.1 Å². The summed E-state index contributed by atoms with van der Waals surface area (Å²) >= 11 is 0. The second-order valence-corrected chi connectivity index (χ2v) is 5.23. The predicted octanol–water partition coefficient (Wildman–Crippen LogP) is -0.138. The van der Waals surface area contributed by atoms with E-state index in [1.807, 2.05) is 0 Å². The number of nitrogens with zero attached hydrogens (tertiary/aromatic N) is 1. The van der Waals surface area contributed by atoms with Gasteiger partial charge in [-0.3, -0.25) is 9.36 Å². The molecule has 0 saturated carbocycles. The summed E-state index contributed by atoms with van der Waals surface area (Å²) in [7, 11) is 0. The molecule has 1 unspecified atom stereocenters. The van der Waals surface area contributed by atoms with Crippen molar-refractivity contribution in [3.05, 3.63) is 34.8 Å². The molecule has 0 bridgehead atoms. The van der Waals surface area contributed by atoms with Gasteiger partial charge in [0.15, 0.2) is 5.58 Å². The molecule has 1 fully saturated rings. The van der Waals surface area contributed by atoms with Gasteiger partial charge >= 0.3 is 5.76 Å². The van der Waals surface area contributed by atoms with Crippen LogP contribution in [-0.2, 0) is 16.1 Å². The molecule has 0 radical (unpaired) electrons. The zero-order valence-electron chi connectivity index (χ0n) is 11.4. The number of amides is 1. The molecule has 7 nitrogen and oxygen atoms in total. The summed E-state index contributed by atoms with van der Waals surface area (Å²) in [5.41, 5.74) is -0.00213. The van der Waals surface area contributed by atoms with Crippen molar-refractivity contribution in [2.24, 2.45) is 0 Å². The topological polar surface area (TPSA) is 93.7 Å². The van der Waals surface area contributed by atoms with Crippen LogP contribution in [0.4, 0.5) is 0 Å². The van der Waals surface area contributed by atoms with Crippen LogP contribution in [-0.4, -0.2) is 40.9 Å². The lowest BCUT2D eigenvalue weighted by Gasteiger charge is -2.20. The fourth-order valence-corrected chi connectivity index (χ4v) is 2.36. The van der Waals surface area contributed by atoms with Crippen LogP contribution in [0, 0.1) is 0 Å². The molecule has 1 aromatic heterocycles. The van der Waals surface area contributed by atoms with Gasteiger partial charge in [-0.05, 0) is 12.1 Å². The van der Waals surface area contributed by atoms with Gasteiger partial charge < -0.3 is 19.6 Å². The van der Waals surface area contributed by atoms with E-state index in [2.05, 4.69) is 5.32 Å². The van der Waals surface area contributed by atoms with E-state index in [0.717, 1.165) is 0 Å². The third kappa shape index (κ3) is 2.84. The number of fused-ring (bicyclic) bond motifs is 1. The van der Waals surface area contributed by atoms with Gasteiger partial charge in [0.05, 0.1) is 12.1 Å². The number of rotatable bonds is 4. The van der Waals surface area contributed by atoms with Crippen LogP contribution in [0.25, 0.3) is 11.1 Å². The molecular formula is C14H16N2O5. The zero-order chi connectivity index (χ0) is 14.9. The number of hydrogen-bond donors (Lipinski definition) is 2. The molecule has 0 spiro atoms. The summed E-state index contributed by atoms with van der Waals surface area (Å²) in [6.07, 6.45) is 0.488. The average Bonchev–Trinajstić information content (AvgIpc) is 3.03. The van der Waals surface area contributed by atoms with Crippen LogP contribution in [0.2, 0.25) is 0 Å². The van der Waals surface area contributed by atoms with Crippen LogP contribution in [0.5, 0.6) is 0 Å². The lowest BCUT2D eigenvalue weighted by Crippen LogP contribution is -2.44. The molecule has 2 aromatic rings. The summed E-state index contributed by atoms with van der Waals surface area (Å²) in [6.45, 7) is 0.656. The minimum Gasteiger partial charge on any atom is -0.408 e. The molecule has 21 heavy (non-hydrogen) atoms. The molecule has 1 atom stereocenters. The Kier molecular flexibility index (Phi) is 3.52. The van der Waals surface area contributed by atoms with Crippen molar-refractivity contribution in [2.75, 3.05) is 19.8 Å². The van der Waals surface area contributed by atoms with Crippen molar-refractivity contribution in [3.63, 3.8) is 0 Å². The molecule has 1 aliphatic rings. The van der Waals surface area contributed by atoms with Gasteiger partial charge in [-0.15, -0.1) is 0 Å². The maximum Gasteiger partial charge on any atom is 0.420 e. The molecule has 3 rings (SSSR count). The number of oxazole rings is 1. The molecule has 2 N–H and O–H groups in total. The highest BCUT2D eigenvalue weighted by Crippen LogP contribution is 2.17. The SMILES string of the molecule is O=C(Cn1c(=O)oc2ccccc21)NCC1(O)CCOC1. The number of nitrogens with one attached hydrogen (secondary N) is 1. The molecule has 112 valence electrons. The summed E-state index contributed by atoms with van der Waals surface area (Å²) in [5.74, 6) is -0.932. The minimum atomic E-state index is -1.01. The molecule has 7 heteroatoms. The predicted molar refractivity (Wildman–Crippen MR) is 73.9 cm³/mol. The highest BCUT2D eigenvalue weighted by Gasteiger charge is 2.32. The maximum atomic E-state index is 11.9. The lowest BCUT2D eigenvalue weighted by atomic mass is 10.0. The number of aromatic nitrogens is 1. The summed E-state index contributed by atoms with van der Waals surface area (Å²) in [6, 6.07) is 6.91. The molecule has 1 saturated heterocycles. The third-order valence-corrected chi connectivity index (χ3v) is 3.57. The highest BCUT2D eigenvalue weighted by molar-refractivity contribution is 5.79. The van der Waals surface area contributed by atoms with Gasteiger partial charge in [0, 0.05) is 19.6 Å². The fourth-order valence-electron chi connectivity index (χ4n) is 2.36. The first-order chi connectivity index (χ1) is 10.1. The van der Waals surface area contributed by atoms with Crippen molar-refractivity contribution >= 4 is 17.0 Å². The zero-order valence-corrected chi connectivity index (χ0v) is 11.4. The largest absolute Gasteiger partial charge is 0.420 e. The van der Waals surface area contributed by atoms with Crippen LogP contribution in [0.1, 0.15) is 6.42 Å². The van der Waals surface area contributed by atoms with E-state index in [1.54, 1.807) is 24.3 Å². The summed E-state index contributed by atoms with van der Waals surface area (Å²) in [5, 5.41) is 12.7. The van der Waals surface area contributed by atoms with E-state index in [-0.39, 0.29) is 25.6 Å². The standard InChI is InChI=1S/C14H16N2O5/c17-12(15-8-14(19)5-6-20-9-14)7-16-10-3-1-2-4-11(10)21-13(16)18/h1-4,19H,5-9H2,(H,15,17). The Morgan fingerprint density at radius 2 is 2.24 bits per heavy atom. The van der Waals surface area contributed by atoms with Gasteiger partial charge in [0.1, 0.15) is 12.1 Å².